The molecule has 0 radical (unpaired) electrons. The highest BCUT2D eigenvalue weighted by Gasteiger charge is 2.17. The van der Waals surface area contributed by atoms with Crippen LogP contribution in [0.15, 0.2) is 40.8 Å². The summed E-state index contributed by atoms with van der Waals surface area (Å²) in [5, 5.41) is 10.9. The van der Waals surface area contributed by atoms with Gasteiger partial charge in [-0.25, -0.2) is 0 Å². The smallest absolute Gasteiger partial charge is 0.322 e. The normalized spacial score (nSPS) is 12.2. The van der Waals surface area contributed by atoms with Crippen molar-refractivity contribution in [3.8, 4) is 11.5 Å². The third-order valence-corrected chi connectivity index (χ3v) is 4.20. The molecule has 0 saturated heterocycles. The molecule has 2 aromatic carbocycles. The molecular formula is C17H11Cl2N3O4. The largest absolute Gasteiger partial charge is 0.454 e. The Morgan fingerprint density at radius 2 is 1.92 bits per heavy atom. The zero-order chi connectivity index (χ0) is 18.1. The molecule has 3 aromatic rings. The molecule has 1 N–H and O–H groups in total. The fourth-order valence-electron chi connectivity index (χ4n) is 2.44. The second-order valence-electron chi connectivity index (χ2n) is 5.44. The van der Waals surface area contributed by atoms with Crippen LogP contribution in [0.2, 0.25) is 10.0 Å². The molecule has 0 aliphatic carbocycles. The van der Waals surface area contributed by atoms with Crippen LogP contribution < -0.4 is 14.8 Å². The average Bonchev–Trinajstić information content (AvgIpc) is 3.23. The minimum Gasteiger partial charge on any atom is -0.454 e. The van der Waals surface area contributed by atoms with Crippen molar-refractivity contribution in [2.45, 2.75) is 6.42 Å². The van der Waals surface area contributed by atoms with Crippen molar-refractivity contribution in [3.63, 3.8) is 0 Å². The van der Waals surface area contributed by atoms with E-state index in [1.54, 1.807) is 6.07 Å². The highest BCUT2D eigenvalue weighted by Crippen LogP contribution is 2.33. The lowest BCUT2D eigenvalue weighted by atomic mass is 10.1. The van der Waals surface area contributed by atoms with Crippen LogP contribution in [0.4, 0.5) is 6.01 Å². The van der Waals surface area contributed by atoms with E-state index < -0.39 is 5.91 Å². The number of aromatic nitrogens is 2. The first-order valence-corrected chi connectivity index (χ1v) is 8.31. The Hall–Kier alpha value is -2.77. The lowest BCUT2D eigenvalue weighted by Crippen LogP contribution is -2.12. The number of anilines is 1. The van der Waals surface area contributed by atoms with Gasteiger partial charge in [0.25, 0.3) is 5.91 Å². The number of benzene rings is 2. The summed E-state index contributed by atoms with van der Waals surface area (Å²) in [6.45, 7) is 0.211. The molecule has 7 nitrogen and oxygen atoms in total. The maximum Gasteiger partial charge on any atom is 0.322 e. The van der Waals surface area contributed by atoms with Crippen molar-refractivity contribution in [1.82, 2.24) is 10.2 Å². The van der Waals surface area contributed by atoms with Crippen LogP contribution in [-0.4, -0.2) is 22.9 Å². The Balaban J connectivity index is 1.45. The summed E-state index contributed by atoms with van der Waals surface area (Å²) < 4.78 is 16.1. The number of hydrogen-bond donors (Lipinski definition) is 1. The summed E-state index contributed by atoms with van der Waals surface area (Å²) >= 11 is 11.8. The number of nitrogens with zero attached hydrogens (tertiary/aromatic N) is 2. The zero-order valence-corrected chi connectivity index (χ0v) is 14.7. The van der Waals surface area contributed by atoms with Crippen molar-refractivity contribution in [3.05, 3.63) is 63.5 Å². The third-order valence-electron chi connectivity index (χ3n) is 3.66. The molecule has 0 unspecified atom stereocenters. The van der Waals surface area contributed by atoms with Crippen LogP contribution in [0.1, 0.15) is 21.8 Å². The van der Waals surface area contributed by atoms with Crippen molar-refractivity contribution < 1.29 is 18.7 Å². The highest BCUT2D eigenvalue weighted by atomic mass is 35.5. The van der Waals surface area contributed by atoms with E-state index in [1.165, 1.54) is 12.1 Å². The predicted molar refractivity (Wildman–Crippen MR) is 94.1 cm³/mol. The maximum atomic E-state index is 12.2. The van der Waals surface area contributed by atoms with Gasteiger partial charge in [-0.1, -0.05) is 34.4 Å². The van der Waals surface area contributed by atoms with E-state index in [0.717, 1.165) is 5.56 Å². The second-order valence-corrected chi connectivity index (χ2v) is 6.29. The molecule has 4 rings (SSSR count). The van der Waals surface area contributed by atoms with Crippen molar-refractivity contribution >= 4 is 35.1 Å². The van der Waals surface area contributed by atoms with Crippen LogP contribution in [0.5, 0.6) is 11.5 Å². The van der Waals surface area contributed by atoms with E-state index in [0.29, 0.717) is 28.8 Å². The second kappa shape index (κ2) is 6.86. The summed E-state index contributed by atoms with van der Waals surface area (Å²) in [7, 11) is 0. The van der Waals surface area contributed by atoms with Crippen molar-refractivity contribution in [1.29, 1.82) is 0 Å². The van der Waals surface area contributed by atoms with Gasteiger partial charge in [0.05, 0.1) is 17.0 Å². The van der Waals surface area contributed by atoms with Gasteiger partial charge in [0.15, 0.2) is 11.5 Å². The summed E-state index contributed by atoms with van der Waals surface area (Å²) in [6, 6.07) is 10.1. The van der Waals surface area contributed by atoms with Gasteiger partial charge in [0.2, 0.25) is 12.7 Å². The first-order valence-electron chi connectivity index (χ1n) is 7.56. The molecule has 26 heavy (non-hydrogen) atoms. The number of amides is 1. The van der Waals surface area contributed by atoms with Gasteiger partial charge in [0, 0.05) is 5.02 Å². The number of ether oxygens (including phenoxy) is 2. The van der Waals surface area contributed by atoms with E-state index in [9.17, 15) is 4.79 Å². The van der Waals surface area contributed by atoms with Crippen molar-refractivity contribution in [2.75, 3.05) is 12.1 Å². The maximum absolute atomic E-state index is 12.2. The Morgan fingerprint density at radius 1 is 1.08 bits per heavy atom. The highest BCUT2D eigenvalue weighted by molar-refractivity contribution is 6.37. The Labute approximate surface area is 157 Å². The lowest BCUT2D eigenvalue weighted by Gasteiger charge is -2.03. The average molecular weight is 392 g/mol. The van der Waals surface area contributed by atoms with Gasteiger partial charge in [0.1, 0.15) is 0 Å². The van der Waals surface area contributed by atoms with Gasteiger partial charge >= 0.3 is 6.01 Å². The van der Waals surface area contributed by atoms with Gasteiger partial charge in [-0.2, -0.15) is 0 Å². The molecule has 0 bridgehead atoms. The fourth-order valence-corrected chi connectivity index (χ4v) is 2.93. The number of fused-ring (bicyclic) bond motifs is 1. The topological polar surface area (TPSA) is 86.5 Å². The molecule has 1 aliphatic heterocycles. The summed E-state index contributed by atoms with van der Waals surface area (Å²) in [5.41, 5.74) is 1.17. The number of nitrogens with one attached hydrogen (secondary N) is 1. The summed E-state index contributed by atoms with van der Waals surface area (Å²) in [5.74, 6) is 1.26. The summed E-state index contributed by atoms with van der Waals surface area (Å²) in [4.78, 5) is 12.2. The molecular weight excluding hydrogens is 381 g/mol. The number of halogens is 2. The molecule has 0 atom stereocenters. The molecule has 0 fully saturated rings. The molecule has 0 saturated carbocycles. The fraction of sp³-hybridized carbons (Fsp3) is 0.118. The number of hydrogen-bond acceptors (Lipinski definition) is 6. The van der Waals surface area contributed by atoms with E-state index in [2.05, 4.69) is 15.5 Å². The van der Waals surface area contributed by atoms with Gasteiger partial charge in [-0.15, -0.1) is 5.10 Å². The molecule has 9 heteroatoms. The lowest BCUT2D eigenvalue weighted by molar-refractivity contribution is 0.102. The van der Waals surface area contributed by atoms with Crippen LogP contribution in [0, 0.1) is 0 Å². The minimum atomic E-state index is -0.468. The van der Waals surface area contributed by atoms with Crippen LogP contribution in [0.25, 0.3) is 0 Å². The molecule has 132 valence electrons. The monoisotopic (exact) mass is 391 g/mol. The van der Waals surface area contributed by atoms with Crippen LogP contribution in [-0.2, 0) is 6.42 Å². The first-order chi connectivity index (χ1) is 12.6. The standard InChI is InChI=1S/C17H11Cl2N3O4/c18-10-2-3-11(12(19)7-10)16(23)20-17-22-21-15(26-17)6-9-1-4-13-14(5-9)25-8-24-13/h1-5,7H,6,8H2,(H,20,22,23). The summed E-state index contributed by atoms with van der Waals surface area (Å²) in [6.07, 6.45) is 0.390. The minimum absolute atomic E-state index is 0.0169. The number of carbonyl (C=O) groups is 1. The Bertz CT molecular complexity index is 990. The quantitative estimate of drug-likeness (QED) is 0.724. The zero-order valence-electron chi connectivity index (χ0n) is 13.2. The molecule has 0 spiro atoms. The molecule has 1 amide bonds. The van der Waals surface area contributed by atoms with Gasteiger partial charge < -0.3 is 13.9 Å². The van der Waals surface area contributed by atoms with Crippen LogP contribution >= 0.6 is 23.2 Å². The van der Waals surface area contributed by atoms with E-state index in [4.69, 9.17) is 37.1 Å². The number of rotatable bonds is 4. The number of carbonyl (C=O) groups excluding carboxylic acids is 1. The third kappa shape index (κ3) is 3.44. The Kier molecular flexibility index (Phi) is 4.40. The van der Waals surface area contributed by atoms with E-state index in [1.807, 2.05) is 18.2 Å². The Morgan fingerprint density at radius 3 is 2.77 bits per heavy atom. The van der Waals surface area contributed by atoms with E-state index >= 15 is 0 Å². The van der Waals surface area contributed by atoms with Crippen molar-refractivity contribution in [2.24, 2.45) is 0 Å². The SMILES string of the molecule is O=C(Nc1nnc(Cc2ccc3c(c2)OCO3)o1)c1ccc(Cl)cc1Cl. The van der Waals surface area contributed by atoms with E-state index in [-0.39, 0.29) is 23.4 Å². The molecule has 1 aliphatic rings. The van der Waals surface area contributed by atoms with Crippen LogP contribution in [0.3, 0.4) is 0 Å². The van der Waals surface area contributed by atoms with Gasteiger partial charge in [-0.3, -0.25) is 10.1 Å². The first kappa shape index (κ1) is 16.7. The predicted octanol–water partition coefficient (Wildman–Crippen LogP) is 3.95. The molecule has 1 aromatic heterocycles. The molecule has 2 heterocycles. The van der Waals surface area contributed by atoms with Gasteiger partial charge in [-0.05, 0) is 35.9 Å².